The number of ether oxygens (including phenoxy) is 2. The predicted molar refractivity (Wildman–Crippen MR) is 124 cm³/mol. The van der Waals surface area contributed by atoms with Gasteiger partial charge >= 0.3 is 11.9 Å². The molecule has 1 aliphatic rings. The van der Waals surface area contributed by atoms with Crippen molar-refractivity contribution in [3.63, 3.8) is 0 Å². The minimum atomic E-state index is -0.508. The fourth-order valence-electron chi connectivity index (χ4n) is 4.19. The van der Waals surface area contributed by atoms with Gasteiger partial charge in [-0.25, -0.2) is 14.6 Å². The first-order valence-electron chi connectivity index (χ1n) is 10.7. The molecule has 0 aliphatic heterocycles. The second-order valence-corrected chi connectivity index (χ2v) is 10.7. The highest BCUT2D eigenvalue weighted by Crippen LogP contribution is 2.36. The summed E-state index contributed by atoms with van der Waals surface area (Å²) in [4.78, 5) is 30.8. The van der Waals surface area contributed by atoms with Crippen molar-refractivity contribution < 1.29 is 19.1 Å². The topological polar surface area (TPSA) is 65.5 Å². The number of carbonyl (C=O) groups is 2. The van der Waals surface area contributed by atoms with Gasteiger partial charge in [0.05, 0.1) is 15.1 Å². The molecule has 7 heteroatoms. The number of nitrogens with zero attached hydrogens (tertiary/aromatic N) is 1. The molecule has 0 bridgehead atoms. The Morgan fingerprint density at radius 1 is 1.13 bits per heavy atom. The maximum Gasteiger partial charge on any atom is 0.348 e. The second-order valence-electron chi connectivity index (χ2n) is 8.58. The Kier molecular flexibility index (Phi) is 6.72. The van der Waals surface area contributed by atoms with Crippen LogP contribution in [-0.4, -0.2) is 29.6 Å². The zero-order valence-electron chi connectivity index (χ0n) is 18.0. The number of thiazole rings is 1. The molecule has 2 aromatic heterocycles. The number of rotatable bonds is 6. The van der Waals surface area contributed by atoms with Crippen molar-refractivity contribution in [3.05, 3.63) is 41.3 Å². The molecule has 3 atom stereocenters. The van der Waals surface area contributed by atoms with Crippen LogP contribution in [0.1, 0.15) is 49.7 Å². The quantitative estimate of drug-likeness (QED) is 0.413. The molecule has 1 fully saturated rings. The van der Waals surface area contributed by atoms with Gasteiger partial charge in [0.2, 0.25) is 0 Å². The summed E-state index contributed by atoms with van der Waals surface area (Å²) in [6.07, 6.45) is 3.02. The van der Waals surface area contributed by atoms with Crippen molar-refractivity contribution in [1.29, 1.82) is 0 Å². The first-order valence-corrected chi connectivity index (χ1v) is 12.4. The average Bonchev–Trinajstić information content (AvgIpc) is 3.39. The van der Waals surface area contributed by atoms with Crippen LogP contribution in [0.15, 0.2) is 36.4 Å². The lowest BCUT2D eigenvalue weighted by atomic mass is 9.75. The van der Waals surface area contributed by atoms with E-state index in [9.17, 15) is 9.59 Å². The molecule has 0 spiro atoms. The van der Waals surface area contributed by atoms with E-state index >= 15 is 0 Å². The maximum absolute atomic E-state index is 12.4. The van der Waals surface area contributed by atoms with Crippen LogP contribution < -0.4 is 0 Å². The van der Waals surface area contributed by atoms with Gasteiger partial charge in [0.25, 0.3) is 0 Å². The lowest BCUT2D eigenvalue weighted by molar-refractivity contribution is -0.159. The van der Waals surface area contributed by atoms with E-state index in [4.69, 9.17) is 9.47 Å². The van der Waals surface area contributed by atoms with Crippen LogP contribution in [0, 0.1) is 17.8 Å². The van der Waals surface area contributed by atoms with E-state index in [2.05, 4.69) is 25.8 Å². The molecular weight excluding hydrogens is 430 g/mol. The van der Waals surface area contributed by atoms with Gasteiger partial charge in [-0.2, -0.15) is 0 Å². The highest BCUT2D eigenvalue weighted by molar-refractivity contribution is 7.26. The van der Waals surface area contributed by atoms with Gasteiger partial charge in [0, 0.05) is 0 Å². The van der Waals surface area contributed by atoms with Crippen LogP contribution in [0.25, 0.3) is 20.1 Å². The number of hydrogen-bond acceptors (Lipinski definition) is 7. The molecular formula is C24H27NO4S2. The molecule has 0 N–H and O–H groups in total. The monoisotopic (exact) mass is 457 g/mol. The molecule has 1 aliphatic carbocycles. The van der Waals surface area contributed by atoms with E-state index in [1.165, 1.54) is 17.8 Å². The van der Waals surface area contributed by atoms with Crippen LogP contribution in [0.2, 0.25) is 0 Å². The van der Waals surface area contributed by atoms with Crippen molar-refractivity contribution in [2.45, 2.75) is 46.1 Å². The summed E-state index contributed by atoms with van der Waals surface area (Å²) in [6.45, 7) is 6.17. The lowest BCUT2D eigenvalue weighted by Crippen LogP contribution is -2.36. The third-order valence-corrected chi connectivity index (χ3v) is 8.15. The van der Waals surface area contributed by atoms with Gasteiger partial charge < -0.3 is 9.47 Å². The maximum atomic E-state index is 12.4. The molecule has 5 nitrogen and oxygen atoms in total. The van der Waals surface area contributed by atoms with Gasteiger partial charge in [0.1, 0.15) is 16.0 Å². The Balaban J connectivity index is 1.34. The van der Waals surface area contributed by atoms with E-state index < -0.39 is 11.9 Å². The second kappa shape index (κ2) is 9.49. The summed E-state index contributed by atoms with van der Waals surface area (Å²) in [7, 11) is 0. The fraction of sp³-hybridized carbons (Fsp3) is 0.458. The van der Waals surface area contributed by atoms with E-state index in [0.717, 1.165) is 32.9 Å². The third-order valence-electron chi connectivity index (χ3n) is 5.88. The van der Waals surface area contributed by atoms with Crippen LogP contribution in [0.3, 0.4) is 0 Å². The molecule has 0 radical (unpaired) electrons. The zero-order chi connectivity index (χ0) is 22.0. The largest absolute Gasteiger partial charge is 0.460 e. The molecule has 0 amide bonds. The summed E-state index contributed by atoms with van der Waals surface area (Å²) in [6, 6.07) is 11.5. The lowest BCUT2D eigenvalue weighted by Gasteiger charge is -2.36. The predicted octanol–water partition coefficient (Wildman–Crippen LogP) is 6.19. The summed E-state index contributed by atoms with van der Waals surface area (Å²) in [5.41, 5.74) is 0.944. The average molecular weight is 458 g/mol. The van der Waals surface area contributed by atoms with Crippen molar-refractivity contribution in [2.75, 3.05) is 6.61 Å². The minimum absolute atomic E-state index is 0.0951. The first kappa shape index (κ1) is 22.0. The van der Waals surface area contributed by atoms with Crippen molar-refractivity contribution >= 4 is 44.8 Å². The van der Waals surface area contributed by atoms with Gasteiger partial charge in [-0.15, -0.1) is 22.7 Å². The number of carbonyl (C=O) groups excluding carboxylic acids is 2. The Bertz CT molecular complexity index is 1040. The van der Waals surface area contributed by atoms with Crippen LogP contribution in [0.4, 0.5) is 0 Å². The van der Waals surface area contributed by atoms with Gasteiger partial charge in [0.15, 0.2) is 6.61 Å². The third kappa shape index (κ3) is 5.15. The molecule has 164 valence electrons. The van der Waals surface area contributed by atoms with Gasteiger partial charge in [-0.1, -0.05) is 39.3 Å². The molecule has 2 heterocycles. The standard InChI is InChI=1S/C24H27NO4S2/c1-14(2)16-9-8-15(3)12-18(16)29-22(26)13-28-24(27)21-11-10-20(30-21)23-25-17-6-4-5-7-19(17)31-23/h4-7,10-11,14-16,18H,8-9,12-13H2,1-3H3/t15-,16-,18+/m1/s1. The number of hydrogen-bond donors (Lipinski definition) is 0. The van der Waals surface area contributed by atoms with E-state index in [-0.39, 0.29) is 12.7 Å². The van der Waals surface area contributed by atoms with Gasteiger partial charge in [-0.05, 0) is 54.9 Å². The van der Waals surface area contributed by atoms with Crippen molar-refractivity contribution in [1.82, 2.24) is 4.98 Å². The molecule has 3 aromatic rings. The number of thiophene rings is 1. The number of para-hydroxylation sites is 1. The highest BCUT2D eigenvalue weighted by Gasteiger charge is 2.33. The van der Waals surface area contributed by atoms with Crippen molar-refractivity contribution in [3.8, 4) is 9.88 Å². The summed E-state index contributed by atoms with van der Waals surface area (Å²) in [5, 5.41) is 0.871. The Morgan fingerprint density at radius 3 is 2.71 bits per heavy atom. The Labute approximate surface area is 190 Å². The Hall–Kier alpha value is -2.25. The van der Waals surface area contributed by atoms with Gasteiger partial charge in [-0.3, -0.25) is 0 Å². The molecule has 1 aromatic carbocycles. The van der Waals surface area contributed by atoms with E-state index in [1.54, 1.807) is 17.4 Å². The molecule has 1 saturated carbocycles. The molecule has 4 rings (SSSR count). The number of fused-ring (bicyclic) bond motifs is 1. The normalized spacial score (nSPS) is 21.4. The molecule has 0 unspecified atom stereocenters. The zero-order valence-corrected chi connectivity index (χ0v) is 19.6. The fourth-order valence-corrected chi connectivity index (χ4v) is 6.11. The summed E-state index contributed by atoms with van der Waals surface area (Å²) < 4.78 is 12.1. The smallest absolute Gasteiger partial charge is 0.348 e. The van der Waals surface area contributed by atoms with Crippen molar-refractivity contribution in [2.24, 2.45) is 17.8 Å². The SMILES string of the molecule is CC(C)[C@H]1CC[C@@H](C)C[C@@H]1OC(=O)COC(=O)c1ccc(-c2nc3ccccc3s2)s1. The first-order chi connectivity index (χ1) is 14.9. The Morgan fingerprint density at radius 2 is 1.94 bits per heavy atom. The van der Waals surface area contributed by atoms with E-state index in [0.29, 0.717) is 22.6 Å². The number of aromatic nitrogens is 1. The van der Waals surface area contributed by atoms with Crippen LogP contribution in [-0.2, 0) is 14.3 Å². The summed E-state index contributed by atoms with van der Waals surface area (Å²) >= 11 is 2.91. The van der Waals surface area contributed by atoms with Crippen LogP contribution >= 0.6 is 22.7 Å². The number of esters is 2. The molecule has 0 saturated heterocycles. The van der Waals surface area contributed by atoms with E-state index in [1.807, 2.05) is 30.3 Å². The molecule has 31 heavy (non-hydrogen) atoms. The highest BCUT2D eigenvalue weighted by atomic mass is 32.1. The minimum Gasteiger partial charge on any atom is -0.460 e. The van der Waals surface area contributed by atoms with Crippen LogP contribution in [0.5, 0.6) is 0 Å². The number of benzene rings is 1. The summed E-state index contributed by atoms with van der Waals surface area (Å²) in [5.74, 6) is 0.389.